The summed E-state index contributed by atoms with van der Waals surface area (Å²) in [5.41, 5.74) is 2.81. The molecule has 4 aromatic rings. The van der Waals surface area contributed by atoms with Gasteiger partial charge in [0.05, 0.1) is 11.6 Å². The minimum absolute atomic E-state index is 0.119. The highest BCUT2D eigenvalue weighted by molar-refractivity contribution is 9.10. The van der Waals surface area contributed by atoms with Gasteiger partial charge >= 0.3 is 0 Å². The van der Waals surface area contributed by atoms with Gasteiger partial charge in [0.25, 0.3) is 5.56 Å². The fourth-order valence-electron chi connectivity index (χ4n) is 3.71. The topological polar surface area (TPSA) is 59.3 Å². The van der Waals surface area contributed by atoms with Crippen LogP contribution < -0.4 is 10.9 Å². The standard InChI is InChI=1S/C23H19BrN4OS/c24-16-12-10-15(11-13-16)14-25-28-22(29)20-18-8-4-5-9-19(18)30-21(20)27-23(28)26-17-6-2-1-3-7-17/h1-3,6-7,10-14H,4-5,8-9H2,(H,26,27)/b25-14+. The second kappa shape index (κ2) is 8.16. The van der Waals surface area contributed by atoms with Crippen molar-refractivity contribution in [1.82, 2.24) is 9.66 Å². The molecule has 5 nitrogen and oxygen atoms in total. The average Bonchev–Trinajstić information content (AvgIpc) is 3.14. The molecule has 0 atom stereocenters. The van der Waals surface area contributed by atoms with Crippen LogP contribution in [-0.4, -0.2) is 15.9 Å². The van der Waals surface area contributed by atoms with Crippen molar-refractivity contribution in [1.29, 1.82) is 0 Å². The van der Waals surface area contributed by atoms with Crippen LogP contribution >= 0.6 is 27.3 Å². The number of nitrogens with zero attached hydrogens (tertiary/aromatic N) is 3. The first-order valence-corrected chi connectivity index (χ1v) is 11.5. The molecule has 1 aliphatic rings. The highest BCUT2D eigenvalue weighted by Gasteiger charge is 2.22. The van der Waals surface area contributed by atoms with Crippen LogP contribution in [0.2, 0.25) is 0 Å². The van der Waals surface area contributed by atoms with E-state index in [0.29, 0.717) is 5.95 Å². The molecule has 5 rings (SSSR count). The fraction of sp³-hybridized carbons (Fsp3) is 0.174. The van der Waals surface area contributed by atoms with Crippen molar-refractivity contribution >= 4 is 55.3 Å². The van der Waals surface area contributed by atoms with Crippen LogP contribution in [0.1, 0.15) is 28.8 Å². The monoisotopic (exact) mass is 478 g/mol. The van der Waals surface area contributed by atoms with Crippen molar-refractivity contribution in [2.75, 3.05) is 5.32 Å². The van der Waals surface area contributed by atoms with Crippen LogP contribution in [0.15, 0.2) is 69.0 Å². The number of hydrogen-bond acceptors (Lipinski definition) is 5. The number of anilines is 2. The van der Waals surface area contributed by atoms with Crippen LogP contribution in [0.4, 0.5) is 11.6 Å². The zero-order chi connectivity index (χ0) is 20.5. The smallest absolute Gasteiger partial charge is 0.284 e. The lowest BCUT2D eigenvalue weighted by molar-refractivity contribution is 0.699. The molecule has 150 valence electrons. The molecule has 1 N–H and O–H groups in total. The Kier molecular flexibility index (Phi) is 5.23. The normalized spacial score (nSPS) is 13.6. The van der Waals surface area contributed by atoms with E-state index in [0.717, 1.165) is 50.8 Å². The maximum atomic E-state index is 13.5. The molecule has 7 heteroatoms. The Hall–Kier alpha value is -2.77. The van der Waals surface area contributed by atoms with Gasteiger partial charge in [-0.05, 0) is 61.1 Å². The van der Waals surface area contributed by atoms with E-state index in [4.69, 9.17) is 4.98 Å². The Morgan fingerprint density at radius 1 is 1.07 bits per heavy atom. The number of aromatic nitrogens is 2. The number of benzene rings is 2. The molecule has 0 unspecified atom stereocenters. The van der Waals surface area contributed by atoms with E-state index in [1.165, 1.54) is 16.0 Å². The largest absolute Gasteiger partial charge is 0.324 e. The van der Waals surface area contributed by atoms with Crippen LogP contribution in [-0.2, 0) is 12.8 Å². The lowest BCUT2D eigenvalue weighted by atomic mass is 9.97. The summed E-state index contributed by atoms with van der Waals surface area (Å²) < 4.78 is 2.38. The Bertz CT molecular complexity index is 1290. The van der Waals surface area contributed by atoms with Gasteiger partial charge in [-0.2, -0.15) is 9.78 Å². The van der Waals surface area contributed by atoms with Gasteiger partial charge in [0, 0.05) is 15.0 Å². The molecule has 2 aromatic carbocycles. The van der Waals surface area contributed by atoms with Crippen molar-refractivity contribution in [3.8, 4) is 0 Å². The van der Waals surface area contributed by atoms with Crippen LogP contribution in [0.5, 0.6) is 0 Å². The summed E-state index contributed by atoms with van der Waals surface area (Å²) >= 11 is 5.08. The maximum Gasteiger partial charge on any atom is 0.284 e. The number of para-hydroxylation sites is 1. The van der Waals surface area contributed by atoms with E-state index in [1.54, 1.807) is 17.6 Å². The molecule has 1 aliphatic carbocycles. The van der Waals surface area contributed by atoms with Crippen molar-refractivity contribution < 1.29 is 0 Å². The number of rotatable bonds is 4. The minimum atomic E-state index is -0.119. The van der Waals surface area contributed by atoms with E-state index in [9.17, 15) is 4.79 Å². The predicted molar refractivity (Wildman–Crippen MR) is 127 cm³/mol. The summed E-state index contributed by atoms with van der Waals surface area (Å²) in [7, 11) is 0. The molecule has 0 spiro atoms. The summed E-state index contributed by atoms with van der Waals surface area (Å²) in [6.07, 6.45) is 5.94. The van der Waals surface area contributed by atoms with Crippen molar-refractivity contribution in [2.24, 2.45) is 5.10 Å². The summed E-state index contributed by atoms with van der Waals surface area (Å²) in [4.78, 5) is 20.4. The highest BCUT2D eigenvalue weighted by Crippen LogP contribution is 2.34. The molecule has 2 heterocycles. The van der Waals surface area contributed by atoms with Gasteiger partial charge in [-0.1, -0.05) is 46.3 Å². The van der Waals surface area contributed by atoms with Gasteiger partial charge in [-0.25, -0.2) is 4.98 Å². The first kappa shape index (κ1) is 19.2. The van der Waals surface area contributed by atoms with Crippen LogP contribution in [0, 0.1) is 0 Å². The zero-order valence-corrected chi connectivity index (χ0v) is 18.5. The number of aryl methyl sites for hydroxylation is 2. The third-order valence-corrected chi connectivity index (χ3v) is 6.90. The molecule has 0 radical (unpaired) electrons. The Morgan fingerprint density at radius 3 is 2.63 bits per heavy atom. The van der Waals surface area contributed by atoms with Gasteiger partial charge in [0.15, 0.2) is 0 Å². The molecule has 0 saturated heterocycles. The number of thiophene rings is 1. The van der Waals surface area contributed by atoms with Crippen LogP contribution in [0.25, 0.3) is 10.2 Å². The number of halogens is 1. The van der Waals surface area contributed by atoms with Gasteiger partial charge in [-0.15, -0.1) is 11.3 Å². The van der Waals surface area contributed by atoms with Crippen molar-refractivity contribution in [3.63, 3.8) is 0 Å². The van der Waals surface area contributed by atoms with E-state index >= 15 is 0 Å². The van der Waals surface area contributed by atoms with E-state index in [1.807, 2.05) is 54.6 Å². The SMILES string of the molecule is O=c1c2c3c(sc2nc(Nc2ccccc2)n1/N=C/c1ccc(Br)cc1)CCCC3. The molecule has 2 aromatic heterocycles. The summed E-state index contributed by atoms with van der Waals surface area (Å²) in [6, 6.07) is 17.5. The number of fused-ring (bicyclic) bond motifs is 3. The fourth-order valence-corrected chi connectivity index (χ4v) is 5.22. The Morgan fingerprint density at radius 2 is 1.83 bits per heavy atom. The minimum Gasteiger partial charge on any atom is -0.324 e. The van der Waals surface area contributed by atoms with Crippen molar-refractivity contribution in [2.45, 2.75) is 25.7 Å². The van der Waals surface area contributed by atoms with Gasteiger partial charge in [-0.3, -0.25) is 4.79 Å². The first-order chi connectivity index (χ1) is 14.7. The molecule has 0 bridgehead atoms. The highest BCUT2D eigenvalue weighted by atomic mass is 79.9. The summed E-state index contributed by atoms with van der Waals surface area (Å²) in [5.74, 6) is 0.422. The van der Waals surface area contributed by atoms with E-state index < -0.39 is 0 Å². The summed E-state index contributed by atoms with van der Waals surface area (Å²) in [5, 5.41) is 8.52. The predicted octanol–water partition coefficient (Wildman–Crippen LogP) is 5.73. The number of hydrogen-bond donors (Lipinski definition) is 1. The van der Waals surface area contributed by atoms with E-state index in [2.05, 4.69) is 26.3 Å². The molecule has 0 aliphatic heterocycles. The third-order valence-electron chi connectivity index (χ3n) is 5.19. The second-order valence-electron chi connectivity index (χ2n) is 7.23. The number of nitrogens with one attached hydrogen (secondary N) is 1. The van der Waals surface area contributed by atoms with Gasteiger partial charge < -0.3 is 5.32 Å². The first-order valence-electron chi connectivity index (χ1n) is 9.88. The molecular weight excluding hydrogens is 460 g/mol. The molecule has 30 heavy (non-hydrogen) atoms. The molecule has 0 fully saturated rings. The maximum absolute atomic E-state index is 13.5. The van der Waals surface area contributed by atoms with E-state index in [-0.39, 0.29) is 5.56 Å². The lowest BCUT2D eigenvalue weighted by Crippen LogP contribution is -2.21. The zero-order valence-electron chi connectivity index (χ0n) is 16.1. The second-order valence-corrected chi connectivity index (χ2v) is 9.23. The quantitative estimate of drug-likeness (QED) is 0.381. The van der Waals surface area contributed by atoms with Gasteiger partial charge in [0.1, 0.15) is 4.83 Å². The molecule has 0 amide bonds. The lowest BCUT2D eigenvalue weighted by Gasteiger charge is -2.12. The molecular formula is C23H19BrN4OS. The van der Waals surface area contributed by atoms with Crippen LogP contribution in [0.3, 0.4) is 0 Å². The summed E-state index contributed by atoms with van der Waals surface area (Å²) in [6.45, 7) is 0. The van der Waals surface area contributed by atoms with Gasteiger partial charge in [0.2, 0.25) is 5.95 Å². The average molecular weight is 479 g/mol. The Balaban J connectivity index is 1.66. The Labute approximate surface area is 186 Å². The van der Waals surface area contributed by atoms with Crippen molar-refractivity contribution in [3.05, 3.63) is 85.4 Å². The third kappa shape index (κ3) is 3.70. The molecule has 0 saturated carbocycles.